The van der Waals surface area contributed by atoms with E-state index in [0.29, 0.717) is 64.2 Å². The van der Waals surface area contributed by atoms with Crippen molar-refractivity contribution in [1.29, 1.82) is 5.26 Å². The van der Waals surface area contributed by atoms with Gasteiger partial charge in [0.2, 0.25) is 0 Å². The summed E-state index contributed by atoms with van der Waals surface area (Å²) < 4.78 is 5.39. The highest BCUT2D eigenvalue weighted by Gasteiger charge is 2.28. The molecule has 0 radical (unpaired) electrons. The number of thiophene rings is 1. The molecule has 1 aliphatic heterocycles. The number of nitrogens with zero attached hydrogens (tertiary/aromatic N) is 2. The first kappa shape index (κ1) is 18.3. The molecule has 0 aliphatic carbocycles. The van der Waals surface area contributed by atoms with E-state index in [-0.39, 0.29) is 5.78 Å². The van der Waals surface area contributed by atoms with Crippen molar-refractivity contribution >= 4 is 53.2 Å². The molecule has 1 aromatic carbocycles. The van der Waals surface area contributed by atoms with Crippen LogP contribution < -0.4 is 4.90 Å². The molecule has 0 amide bonds. The number of morpholine rings is 1. The van der Waals surface area contributed by atoms with Gasteiger partial charge in [-0.2, -0.15) is 5.26 Å². The van der Waals surface area contributed by atoms with Gasteiger partial charge in [-0.15, -0.1) is 11.3 Å². The van der Waals surface area contributed by atoms with E-state index in [1.807, 2.05) is 7.85 Å². The van der Waals surface area contributed by atoms with Crippen LogP contribution in [0.3, 0.4) is 0 Å². The first-order valence-electron chi connectivity index (χ1n) is 7.95. The van der Waals surface area contributed by atoms with Crippen molar-refractivity contribution in [2.75, 3.05) is 31.2 Å². The highest BCUT2D eigenvalue weighted by atomic mass is 35.5. The fraction of sp³-hybridized carbons (Fsp3) is 0.294. The molecule has 0 atom stereocenters. The summed E-state index contributed by atoms with van der Waals surface area (Å²) in [7, 11) is 1.82. The summed E-state index contributed by atoms with van der Waals surface area (Å²) in [4.78, 5) is 15.2. The lowest BCUT2D eigenvalue weighted by atomic mass is 9.94. The van der Waals surface area contributed by atoms with Gasteiger partial charge >= 0.3 is 0 Å². The smallest absolute Gasteiger partial charge is 0.165 e. The number of nitriles is 1. The molecule has 8 heteroatoms. The van der Waals surface area contributed by atoms with E-state index < -0.39 is 0 Å². The van der Waals surface area contributed by atoms with Gasteiger partial charge in [-0.25, -0.2) is 0 Å². The number of ether oxygens (including phenoxy) is 1. The van der Waals surface area contributed by atoms with Gasteiger partial charge in [0.1, 0.15) is 18.9 Å². The van der Waals surface area contributed by atoms with Gasteiger partial charge in [0.05, 0.1) is 23.7 Å². The highest BCUT2D eigenvalue weighted by Crippen LogP contribution is 2.45. The standard InChI is InChI=1S/C17H15BCl2N2O2S/c18-8-14(23)16-15(11-2-1-10(19)7-13(11)20)12(9-21)17(25-16)22-3-5-24-6-4-22/h1-2,7H,3-6,8,18H2. The number of carbonyl (C=O) groups is 1. The van der Waals surface area contributed by atoms with Gasteiger partial charge in [-0.3, -0.25) is 4.79 Å². The summed E-state index contributed by atoms with van der Waals surface area (Å²) in [5.41, 5.74) is 1.77. The molecule has 4 nitrogen and oxygen atoms in total. The van der Waals surface area contributed by atoms with E-state index in [1.54, 1.807) is 18.2 Å². The highest BCUT2D eigenvalue weighted by molar-refractivity contribution is 7.19. The molecule has 1 saturated heterocycles. The fourth-order valence-electron chi connectivity index (χ4n) is 2.82. The molecule has 2 heterocycles. The van der Waals surface area contributed by atoms with Crippen LogP contribution in [0.25, 0.3) is 11.1 Å². The SMILES string of the molecule is BCC(=O)c1sc(N2CCOCC2)c(C#N)c1-c1ccc(Cl)cc1Cl. The third kappa shape index (κ3) is 3.56. The van der Waals surface area contributed by atoms with Crippen LogP contribution >= 0.6 is 34.5 Å². The summed E-state index contributed by atoms with van der Waals surface area (Å²) in [6, 6.07) is 7.40. The number of Topliss-reactive ketones (excluding diaryl/α,β-unsaturated/α-hetero) is 1. The molecule has 25 heavy (non-hydrogen) atoms. The molecular weight excluding hydrogens is 378 g/mol. The van der Waals surface area contributed by atoms with Gasteiger partial charge in [0.15, 0.2) is 5.78 Å². The van der Waals surface area contributed by atoms with Gasteiger partial charge in [0.25, 0.3) is 0 Å². The minimum Gasteiger partial charge on any atom is -0.378 e. The molecule has 1 fully saturated rings. The molecule has 1 aliphatic rings. The van der Waals surface area contributed by atoms with Crippen molar-refractivity contribution < 1.29 is 9.53 Å². The van der Waals surface area contributed by atoms with E-state index in [9.17, 15) is 10.1 Å². The molecule has 3 rings (SSSR count). The number of ketones is 1. The van der Waals surface area contributed by atoms with Crippen LogP contribution in [0, 0.1) is 11.3 Å². The van der Waals surface area contributed by atoms with Gasteiger partial charge in [-0.1, -0.05) is 29.3 Å². The minimum atomic E-state index is 0.00188. The minimum absolute atomic E-state index is 0.00188. The topological polar surface area (TPSA) is 53.3 Å². The lowest BCUT2D eigenvalue weighted by Gasteiger charge is -2.27. The quantitative estimate of drug-likeness (QED) is 0.588. The summed E-state index contributed by atoms with van der Waals surface area (Å²) in [5.74, 6) is 0.00188. The summed E-state index contributed by atoms with van der Waals surface area (Å²) in [6.07, 6.45) is 0.367. The Morgan fingerprint density at radius 3 is 2.68 bits per heavy atom. The van der Waals surface area contributed by atoms with Crippen molar-refractivity contribution in [3.63, 3.8) is 0 Å². The molecule has 2 aromatic rings. The van der Waals surface area contributed by atoms with E-state index in [4.69, 9.17) is 27.9 Å². The molecule has 0 spiro atoms. The normalized spacial score (nSPS) is 14.4. The van der Waals surface area contributed by atoms with Crippen LogP contribution in [0.15, 0.2) is 18.2 Å². The zero-order valence-electron chi connectivity index (χ0n) is 13.6. The number of hydrogen-bond acceptors (Lipinski definition) is 5. The second-order valence-electron chi connectivity index (χ2n) is 5.60. The van der Waals surface area contributed by atoms with Crippen LogP contribution in [-0.4, -0.2) is 39.9 Å². The van der Waals surface area contributed by atoms with Crippen LogP contribution in [0.1, 0.15) is 15.2 Å². The Kier molecular flexibility index (Phi) is 5.70. The molecule has 0 bridgehead atoms. The van der Waals surface area contributed by atoms with Crippen molar-refractivity contribution in [3.05, 3.63) is 38.7 Å². The molecule has 1 aromatic heterocycles. The van der Waals surface area contributed by atoms with Crippen molar-refractivity contribution in [3.8, 4) is 17.2 Å². The Hall–Kier alpha value is -1.52. The second-order valence-corrected chi connectivity index (χ2v) is 7.44. The van der Waals surface area contributed by atoms with Gasteiger partial charge in [-0.05, 0) is 18.5 Å². The maximum absolute atomic E-state index is 12.5. The van der Waals surface area contributed by atoms with Crippen molar-refractivity contribution in [2.45, 2.75) is 6.32 Å². The third-order valence-corrected chi connectivity index (χ3v) is 5.91. The number of anilines is 1. The average molecular weight is 393 g/mol. The number of rotatable bonds is 4. The average Bonchev–Trinajstić information content (AvgIpc) is 3.01. The van der Waals surface area contributed by atoms with Crippen LogP contribution in [0.5, 0.6) is 0 Å². The Labute approximate surface area is 161 Å². The predicted molar refractivity (Wildman–Crippen MR) is 105 cm³/mol. The summed E-state index contributed by atoms with van der Waals surface area (Å²) in [6.45, 7) is 2.61. The number of carbonyl (C=O) groups excluding carboxylic acids is 1. The monoisotopic (exact) mass is 392 g/mol. The Bertz CT molecular complexity index is 857. The number of halogens is 2. The van der Waals surface area contributed by atoms with E-state index in [2.05, 4.69) is 11.0 Å². The Balaban J connectivity index is 2.22. The lowest BCUT2D eigenvalue weighted by molar-refractivity contribution is 0.102. The van der Waals surface area contributed by atoms with Gasteiger partial charge < -0.3 is 9.64 Å². The molecular formula is C17H15BCl2N2O2S. The summed E-state index contributed by atoms with van der Waals surface area (Å²) >= 11 is 13.7. The van der Waals surface area contributed by atoms with E-state index >= 15 is 0 Å². The Morgan fingerprint density at radius 1 is 1.36 bits per heavy atom. The van der Waals surface area contributed by atoms with E-state index in [1.165, 1.54) is 11.3 Å². The maximum Gasteiger partial charge on any atom is 0.165 e. The first-order valence-corrected chi connectivity index (χ1v) is 9.52. The fourth-order valence-corrected chi connectivity index (χ4v) is 4.65. The first-order chi connectivity index (χ1) is 12.1. The van der Waals surface area contributed by atoms with Crippen LogP contribution in [0.4, 0.5) is 5.00 Å². The maximum atomic E-state index is 12.5. The zero-order valence-corrected chi connectivity index (χ0v) is 16.0. The molecule has 0 unspecified atom stereocenters. The number of hydrogen-bond donors (Lipinski definition) is 0. The van der Waals surface area contributed by atoms with Crippen LogP contribution in [0.2, 0.25) is 16.4 Å². The van der Waals surface area contributed by atoms with Gasteiger partial charge in [0, 0.05) is 34.3 Å². The van der Waals surface area contributed by atoms with Crippen molar-refractivity contribution in [1.82, 2.24) is 0 Å². The largest absolute Gasteiger partial charge is 0.378 e. The Morgan fingerprint density at radius 2 is 2.08 bits per heavy atom. The molecule has 0 N–H and O–H groups in total. The molecule has 128 valence electrons. The zero-order chi connectivity index (χ0) is 18.0. The molecule has 0 saturated carbocycles. The van der Waals surface area contributed by atoms with Crippen molar-refractivity contribution in [2.24, 2.45) is 0 Å². The predicted octanol–water partition coefficient (Wildman–Crippen LogP) is 3.66. The lowest BCUT2D eigenvalue weighted by Crippen LogP contribution is -2.36. The summed E-state index contributed by atoms with van der Waals surface area (Å²) in [5, 5.41) is 11.6. The third-order valence-electron chi connectivity index (χ3n) is 4.07. The number of benzene rings is 1. The van der Waals surface area contributed by atoms with E-state index in [0.717, 1.165) is 5.00 Å². The van der Waals surface area contributed by atoms with Crippen LogP contribution in [-0.2, 0) is 4.74 Å². The second kappa shape index (κ2) is 7.80.